The van der Waals surface area contributed by atoms with E-state index in [1.54, 1.807) is 20.1 Å². The first-order chi connectivity index (χ1) is 14.9. The molecular weight excluding hydrogens is 428 g/mol. The van der Waals surface area contributed by atoms with Gasteiger partial charge in [-0.1, -0.05) is 6.07 Å². The summed E-state index contributed by atoms with van der Waals surface area (Å²) in [6.45, 7) is 2.22. The molecule has 0 bridgehead atoms. The van der Waals surface area contributed by atoms with Crippen molar-refractivity contribution < 1.29 is 18.3 Å². The van der Waals surface area contributed by atoms with Gasteiger partial charge in [0.25, 0.3) is 17.9 Å². The number of hydrogen-bond donors (Lipinski definition) is 3. The zero-order valence-electron chi connectivity index (χ0n) is 17.1. The smallest absolute Gasteiger partial charge is 0.270 e. The molecule has 0 aliphatic rings. The average molecular weight is 451 g/mol. The quantitative estimate of drug-likeness (QED) is 0.463. The summed E-state index contributed by atoms with van der Waals surface area (Å²) in [4.78, 5) is 24.8. The fourth-order valence-corrected chi connectivity index (χ4v) is 3.70. The molecule has 8 nitrogen and oxygen atoms in total. The normalized spacial score (nSPS) is 12.5. The first kappa shape index (κ1) is 24.0. The average Bonchev–Trinajstić information content (AvgIpc) is 3.07. The number of hydrogen-bond acceptors (Lipinski definition) is 7. The predicted molar refractivity (Wildman–Crippen MR) is 116 cm³/mol. The van der Waals surface area contributed by atoms with Gasteiger partial charge in [-0.2, -0.15) is 5.26 Å². The first-order valence-corrected chi connectivity index (χ1v) is 10.2. The Morgan fingerprint density at radius 2 is 2.13 bits per heavy atom. The molecule has 0 saturated heterocycles. The molecule has 3 N–H and O–H groups in total. The van der Waals surface area contributed by atoms with Crippen LogP contribution in [-0.4, -0.2) is 43.7 Å². The van der Waals surface area contributed by atoms with Gasteiger partial charge in [0.2, 0.25) is 0 Å². The van der Waals surface area contributed by atoms with Crippen LogP contribution >= 0.6 is 11.3 Å². The fourth-order valence-electron chi connectivity index (χ4n) is 2.61. The zero-order chi connectivity index (χ0) is 22.8. The van der Waals surface area contributed by atoms with Gasteiger partial charge in [-0.15, -0.1) is 11.3 Å². The highest BCUT2D eigenvalue weighted by molar-refractivity contribution is 7.07. The van der Waals surface area contributed by atoms with Crippen molar-refractivity contribution in [3.63, 3.8) is 0 Å². The van der Waals surface area contributed by atoms with Gasteiger partial charge in [0.15, 0.2) is 5.57 Å². The number of alkyl halides is 2. The number of nitrogens with zero attached hydrogens (tertiary/aromatic N) is 2. The summed E-state index contributed by atoms with van der Waals surface area (Å²) in [5.74, 6) is -0.944. The lowest BCUT2D eigenvalue weighted by molar-refractivity contribution is -0.116. The highest BCUT2D eigenvalue weighted by Gasteiger charge is 2.16. The van der Waals surface area contributed by atoms with Crippen LogP contribution in [0.1, 0.15) is 6.92 Å². The van der Waals surface area contributed by atoms with Crippen LogP contribution in [0.4, 0.5) is 20.2 Å². The minimum Gasteiger partial charge on any atom is -0.383 e. The third kappa shape index (κ3) is 6.63. The number of carbonyl (C=O) groups excluding carboxylic acids is 1. The maximum absolute atomic E-state index is 12.7. The summed E-state index contributed by atoms with van der Waals surface area (Å²) < 4.78 is 31.4. The van der Waals surface area contributed by atoms with Gasteiger partial charge in [-0.25, -0.2) is 8.78 Å². The van der Waals surface area contributed by atoms with Gasteiger partial charge in [-0.05, 0) is 25.1 Å². The molecule has 0 atom stereocenters. The predicted octanol–water partition coefficient (Wildman–Crippen LogP) is 0.894. The van der Waals surface area contributed by atoms with E-state index in [0.29, 0.717) is 13.2 Å². The van der Waals surface area contributed by atoms with E-state index in [-0.39, 0.29) is 21.3 Å². The SMILES string of the molecule is CCn1c(=O)/c(=C\Nc2cccc(NCCOC)c2)s/c1=C(/C#N)C(=O)NCC(F)F. The summed E-state index contributed by atoms with van der Waals surface area (Å²) in [7, 11) is 1.62. The Hall–Kier alpha value is -3.23. The lowest BCUT2D eigenvalue weighted by Crippen LogP contribution is -2.35. The Balaban J connectivity index is 2.37. The van der Waals surface area contributed by atoms with E-state index in [0.717, 1.165) is 22.7 Å². The number of methoxy groups -OCH3 is 1. The van der Waals surface area contributed by atoms with E-state index in [9.17, 15) is 23.6 Å². The van der Waals surface area contributed by atoms with Gasteiger partial charge in [0, 0.05) is 37.8 Å². The molecule has 1 amide bonds. The zero-order valence-corrected chi connectivity index (χ0v) is 17.9. The molecule has 0 unspecified atom stereocenters. The van der Waals surface area contributed by atoms with Gasteiger partial charge >= 0.3 is 0 Å². The number of nitrogens with one attached hydrogen (secondary N) is 3. The Kier molecular flexibility index (Phi) is 9.17. The lowest BCUT2D eigenvalue weighted by Gasteiger charge is -2.07. The third-order valence-electron chi connectivity index (χ3n) is 4.06. The maximum atomic E-state index is 12.7. The van der Waals surface area contributed by atoms with Crippen LogP contribution in [-0.2, 0) is 16.1 Å². The number of nitriles is 1. The highest BCUT2D eigenvalue weighted by atomic mass is 32.1. The number of halogens is 2. The summed E-state index contributed by atoms with van der Waals surface area (Å²) in [5.41, 5.74) is 0.815. The number of thiazole rings is 1. The van der Waals surface area contributed by atoms with E-state index in [2.05, 4.69) is 10.6 Å². The van der Waals surface area contributed by atoms with E-state index in [1.165, 1.54) is 10.8 Å². The number of carbonyl (C=O) groups is 1. The molecule has 0 radical (unpaired) electrons. The minimum atomic E-state index is -2.74. The van der Waals surface area contributed by atoms with Crippen LogP contribution in [0.25, 0.3) is 11.8 Å². The van der Waals surface area contributed by atoms with Crippen molar-refractivity contribution >= 4 is 40.4 Å². The van der Waals surface area contributed by atoms with E-state index in [4.69, 9.17) is 4.74 Å². The Labute approximate surface area is 181 Å². The van der Waals surface area contributed by atoms with Crippen LogP contribution in [0.5, 0.6) is 0 Å². The van der Waals surface area contributed by atoms with Crippen LogP contribution < -0.4 is 30.7 Å². The Morgan fingerprint density at radius 3 is 2.77 bits per heavy atom. The second-order valence-corrected chi connectivity index (χ2v) is 7.23. The van der Waals surface area contributed by atoms with Gasteiger partial charge in [-0.3, -0.25) is 14.2 Å². The highest BCUT2D eigenvalue weighted by Crippen LogP contribution is 2.14. The van der Waals surface area contributed by atoms with Gasteiger partial charge in [0.05, 0.1) is 13.2 Å². The lowest BCUT2D eigenvalue weighted by atomic mass is 10.3. The van der Waals surface area contributed by atoms with Crippen LogP contribution in [0.15, 0.2) is 29.1 Å². The standard InChI is InChI=1S/C20H23F2N5O3S/c1-3-27-19(29)16(31-20(27)15(10-23)18(28)26-12-17(21)22)11-25-14-6-4-5-13(9-14)24-7-8-30-2/h4-6,9,11,17,24-25H,3,7-8,12H2,1-2H3,(H,26,28)/b16-11+,20-15-. The summed E-state index contributed by atoms with van der Waals surface area (Å²) in [6, 6.07) is 9.11. The molecule has 0 saturated carbocycles. The van der Waals surface area contributed by atoms with Gasteiger partial charge < -0.3 is 20.7 Å². The molecule has 2 rings (SSSR count). The van der Waals surface area contributed by atoms with E-state index < -0.39 is 24.4 Å². The number of ether oxygens (including phenoxy) is 1. The molecule has 1 aromatic carbocycles. The largest absolute Gasteiger partial charge is 0.383 e. The van der Waals surface area contributed by atoms with Gasteiger partial charge in [0.1, 0.15) is 15.3 Å². The van der Waals surface area contributed by atoms with Crippen molar-refractivity contribution in [3.8, 4) is 6.07 Å². The van der Waals surface area contributed by atoms with Crippen molar-refractivity contribution in [1.29, 1.82) is 5.26 Å². The summed E-state index contributed by atoms with van der Waals surface area (Å²) in [5, 5.41) is 17.6. The number of benzene rings is 1. The van der Waals surface area contributed by atoms with Crippen LogP contribution in [0.2, 0.25) is 0 Å². The third-order valence-corrected chi connectivity index (χ3v) is 5.19. The molecule has 0 aliphatic carbocycles. The maximum Gasteiger partial charge on any atom is 0.270 e. The first-order valence-electron chi connectivity index (χ1n) is 9.41. The van der Waals surface area contributed by atoms with Crippen LogP contribution in [0.3, 0.4) is 0 Å². The number of anilines is 2. The molecular formula is C20H23F2N5O3S. The van der Waals surface area contributed by atoms with Crippen molar-refractivity contribution in [2.24, 2.45) is 0 Å². The second-order valence-electron chi connectivity index (χ2n) is 6.20. The summed E-state index contributed by atoms with van der Waals surface area (Å²) >= 11 is 0.939. The molecule has 2 aromatic rings. The molecule has 11 heteroatoms. The molecule has 166 valence electrons. The number of rotatable bonds is 10. The van der Waals surface area contributed by atoms with Crippen molar-refractivity contribution in [2.75, 3.05) is 37.4 Å². The molecule has 1 aromatic heterocycles. The van der Waals surface area contributed by atoms with E-state index in [1.807, 2.05) is 29.6 Å². The fraction of sp³-hybridized carbons (Fsp3) is 0.350. The molecule has 0 fully saturated rings. The molecule has 1 heterocycles. The molecule has 0 aliphatic heterocycles. The Morgan fingerprint density at radius 1 is 1.39 bits per heavy atom. The second kappa shape index (κ2) is 11.8. The molecule has 31 heavy (non-hydrogen) atoms. The summed E-state index contributed by atoms with van der Waals surface area (Å²) in [6.07, 6.45) is -1.25. The molecule has 0 spiro atoms. The van der Waals surface area contributed by atoms with Crippen LogP contribution in [0, 0.1) is 11.3 Å². The van der Waals surface area contributed by atoms with E-state index >= 15 is 0 Å². The van der Waals surface area contributed by atoms with Crippen molar-refractivity contribution in [3.05, 3.63) is 43.8 Å². The Bertz CT molecular complexity index is 1120. The minimum absolute atomic E-state index is 0.116. The number of amides is 1. The van der Waals surface area contributed by atoms with Crippen molar-refractivity contribution in [2.45, 2.75) is 19.9 Å². The topological polar surface area (TPSA) is 108 Å². The van der Waals surface area contributed by atoms with Crippen molar-refractivity contribution in [1.82, 2.24) is 9.88 Å². The number of aromatic nitrogens is 1. The monoisotopic (exact) mass is 451 g/mol.